The number of alkyl halides is 1. The number of amides is 1. The summed E-state index contributed by atoms with van der Waals surface area (Å²) in [6.07, 6.45) is 0.894. The number of rotatable bonds is 2. The Morgan fingerprint density at radius 2 is 2.50 bits per heavy atom. The lowest BCUT2D eigenvalue weighted by molar-refractivity contribution is -0.148. The standard InChI is InChI=1S/C7H10ClNO3/c1-12-7(11)5-2-3-6(10)9(5)4-8/h5H,2-4H2,1H3. The van der Waals surface area contributed by atoms with Crippen molar-refractivity contribution in [2.24, 2.45) is 0 Å². The Labute approximate surface area is 75.4 Å². The van der Waals surface area contributed by atoms with Gasteiger partial charge in [-0.1, -0.05) is 0 Å². The van der Waals surface area contributed by atoms with Crippen LogP contribution in [0.2, 0.25) is 0 Å². The van der Waals surface area contributed by atoms with Gasteiger partial charge in [0.25, 0.3) is 0 Å². The van der Waals surface area contributed by atoms with E-state index in [1.54, 1.807) is 0 Å². The zero-order chi connectivity index (χ0) is 9.14. The van der Waals surface area contributed by atoms with Crippen molar-refractivity contribution in [2.45, 2.75) is 18.9 Å². The summed E-state index contributed by atoms with van der Waals surface area (Å²) in [5, 5.41) is 0. The zero-order valence-electron chi connectivity index (χ0n) is 6.75. The van der Waals surface area contributed by atoms with Gasteiger partial charge in [-0.05, 0) is 6.42 Å². The molecule has 1 atom stereocenters. The van der Waals surface area contributed by atoms with Crippen molar-refractivity contribution in [3.63, 3.8) is 0 Å². The second-order valence-corrected chi connectivity index (χ2v) is 2.80. The van der Waals surface area contributed by atoms with Crippen LogP contribution >= 0.6 is 11.6 Å². The second kappa shape index (κ2) is 3.76. The molecule has 0 saturated carbocycles. The molecule has 1 saturated heterocycles. The minimum absolute atomic E-state index is 0.0542. The largest absolute Gasteiger partial charge is 0.467 e. The Kier molecular flexibility index (Phi) is 2.92. The van der Waals surface area contributed by atoms with Gasteiger partial charge in [0, 0.05) is 6.42 Å². The highest BCUT2D eigenvalue weighted by Crippen LogP contribution is 2.19. The van der Waals surface area contributed by atoms with E-state index in [0.717, 1.165) is 0 Å². The van der Waals surface area contributed by atoms with Crippen molar-refractivity contribution in [1.29, 1.82) is 0 Å². The van der Waals surface area contributed by atoms with Gasteiger partial charge in [0.15, 0.2) is 0 Å². The molecule has 68 valence electrons. The molecule has 1 unspecified atom stereocenters. The van der Waals surface area contributed by atoms with Crippen LogP contribution in [-0.4, -0.2) is 35.9 Å². The van der Waals surface area contributed by atoms with E-state index in [0.29, 0.717) is 12.8 Å². The Balaban J connectivity index is 2.66. The first-order chi connectivity index (χ1) is 5.70. The first kappa shape index (κ1) is 9.32. The van der Waals surface area contributed by atoms with Gasteiger partial charge in [-0.3, -0.25) is 4.79 Å². The van der Waals surface area contributed by atoms with Crippen LogP contribution in [0.4, 0.5) is 0 Å². The summed E-state index contributed by atoms with van der Waals surface area (Å²) >= 11 is 5.50. The number of esters is 1. The smallest absolute Gasteiger partial charge is 0.328 e. The normalized spacial score (nSPS) is 23.0. The average molecular weight is 192 g/mol. The number of methoxy groups -OCH3 is 1. The van der Waals surface area contributed by atoms with Crippen molar-refractivity contribution < 1.29 is 14.3 Å². The van der Waals surface area contributed by atoms with Crippen LogP contribution in [0.25, 0.3) is 0 Å². The molecule has 4 nitrogen and oxygen atoms in total. The van der Waals surface area contributed by atoms with Gasteiger partial charge >= 0.3 is 5.97 Å². The number of nitrogens with zero attached hydrogens (tertiary/aromatic N) is 1. The van der Waals surface area contributed by atoms with E-state index in [4.69, 9.17) is 11.6 Å². The number of ether oxygens (including phenoxy) is 1. The molecular formula is C7H10ClNO3. The second-order valence-electron chi connectivity index (χ2n) is 2.56. The maximum Gasteiger partial charge on any atom is 0.328 e. The predicted octanol–water partition coefficient (Wildman–Crippen LogP) is 0.347. The molecule has 0 aromatic carbocycles. The highest BCUT2D eigenvalue weighted by molar-refractivity contribution is 6.18. The number of likely N-dealkylation sites (tertiary alicyclic amines) is 1. The molecule has 0 aromatic rings. The van der Waals surface area contributed by atoms with Crippen LogP contribution in [0.3, 0.4) is 0 Å². The fourth-order valence-corrected chi connectivity index (χ4v) is 1.56. The molecule has 0 aromatic heterocycles. The molecule has 12 heavy (non-hydrogen) atoms. The van der Waals surface area contributed by atoms with Gasteiger partial charge in [-0.15, -0.1) is 11.6 Å². The van der Waals surface area contributed by atoms with Crippen molar-refractivity contribution in [1.82, 2.24) is 4.90 Å². The SMILES string of the molecule is COC(=O)C1CCC(=O)N1CCl. The fourth-order valence-electron chi connectivity index (χ4n) is 1.26. The molecule has 1 heterocycles. The van der Waals surface area contributed by atoms with Gasteiger partial charge < -0.3 is 9.64 Å². The van der Waals surface area contributed by atoms with Gasteiger partial charge in [-0.25, -0.2) is 4.79 Å². The Morgan fingerprint density at radius 3 is 3.00 bits per heavy atom. The van der Waals surface area contributed by atoms with Crippen LogP contribution in [0.5, 0.6) is 0 Å². The lowest BCUT2D eigenvalue weighted by atomic mass is 10.2. The predicted molar refractivity (Wildman–Crippen MR) is 42.6 cm³/mol. The summed E-state index contributed by atoms with van der Waals surface area (Å²) in [5.74, 6) is -0.470. The molecule has 1 aliphatic heterocycles. The fraction of sp³-hybridized carbons (Fsp3) is 0.714. The zero-order valence-corrected chi connectivity index (χ0v) is 7.50. The monoisotopic (exact) mass is 191 g/mol. The van der Waals surface area contributed by atoms with E-state index in [1.807, 2.05) is 0 Å². The molecule has 0 aliphatic carbocycles. The third kappa shape index (κ3) is 1.53. The van der Waals surface area contributed by atoms with E-state index < -0.39 is 6.04 Å². The maximum absolute atomic E-state index is 11.1. The third-order valence-corrected chi connectivity index (χ3v) is 2.19. The molecule has 1 rings (SSSR count). The highest BCUT2D eigenvalue weighted by Gasteiger charge is 2.35. The van der Waals surface area contributed by atoms with Crippen LogP contribution < -0.4 is 0 Å². The van der Waals surface area contributed by atoms with E-state index in [-0.39, 0.29) is 17.9 Å². The van der Waals surface area contributed by atoms with Crippen molar-refractivity contribution in [3.8, 4) is 0 Å². The molecule has 0 radical (unpaired) electrons. The molecule has 0 N–H and O–H groups in total. The summed E-state index contributed by atoms with van der Waals surface area (Å²) < 4.78 is 4.52. The van der Waals surface area contributed by atoms with Gasteiger partial charge in [0.05, 0.1) is 13.1 Å². The summed E-state index contributed by atoms with van der Waals surface area (Å²) in [6, 6.07) is -0.418. The molecule has 0 spiro atoms. The molecule has 5 heteroatoms. The molecule has 1 fully saturated rings. The van der Waals surface area contributed by atoms with E-state index in [1.165, 1.54) is 12.0 Å². The molecule has 0 bridgehead atoms. The Bertz CT molecular complexity index is 207. The Morgan fingerprint density at radius 1 is 1.83 bits per heavy atom. The number of carbonyl (C=O) groups is 2. The Hall–Kier alpha value is -0.770. The van der Waals surface area contributed by atoms with Crippen molar-refractivity contribution >= 4 is 23.5 Å². The van der Waals surface area contributed by atoms with Crippen molar-refractivity contribution in [3.05, 3.63) is 0 Å². The summed E-state index contributed by atoms with van der Waals surface area (Å²) in [6.45, 7) is 0. The number of hydrogen-bond donors (Lipinski definition) is 0. The number of hydrogen-bond acceptors (Lipinski definition) is 3. The molecule has 1 amide bonds. The number of carbonyl (C=O) groups excluding carboxylic acids is 2. The summed E-state index contributed by atoms with van der Waals surface area (Å²) in [5.41, 5.74) is 0. The van der Waals surface area contributed by atoms with Gasteiger partial charge in [-0.2, -0.15) is 0 Å². The summed E-state index contributed by atoms with van der Waals surface area (Å²) in [7, 11) is 1.30. The first-order valence-electron chi connectivity index (χ1n) is 3.64. The quantitative estimate of drug-likeness (QED) is 0.360. The minimum Gasteiger partial charge on any atom is -0.467 e. The van der Waals surface area contributed by atoms with Gasteiger partial charge in [0.2, 0.25) is 5.91 Å². The van der Waals surface area contributed by atoms with E-state index >= 15 is 0 Å². The topological polar surface area (TPSA) is 46.6 Å². The average Bonchev–Trinajstić information content (AvgIpc) is 2.45. The van der Waals surface area contributed by atoms with Crippen LogP contribution in [-0.2, 0) is 14.3 Å². The molecule has 1 aliphatic rings. The van der Waals surface area contributed by atoms with E-state index in [2.05, 4.69) is 4.74 Å². The summed E-state index contributed by atoms with van der Waals surface area (Å²) in [4.78, 5) is 23.5. The minimum atomic E-state index is -0.472. The van der Waals surface area contributed by atoms with E-state index in [9.17, 15) is 9.59 Å². The number of halogens is 1. The highest BCUT2D eigenvalue weighted by atomic mass is 35.5. The lowest BCUT2D eigenvalue weighted by Crippen LogP contribution is -2.38. The molecular weight excluding hydrogens is 182 g/mol. The van der Waals surface area contributed by atoms with Crippen molar-refractivity contribution in [2.75, 3.05) is 13.1 Å². The maximum atomic E-state index is 11.1. The first-order valence-corrected chi connectivity index (χ1v) is 4.17. The third-order valence-electron chi connectivity index (χ3n) is 1.93. The van der Waals surface area contributed by atoms with Gasteiger partial charge in [0.1, 0.15) is 6.04 Å². The van der Waals surface area contributed by atoms with Crippen LogP contribution in [0.1, 0.15) is 12.8 Å². The van der Waals surface area contributed by atoms with Crippen LogP contribution in [0, 0.1) is 0 Å². The van der Waals surface area contributed by atoms with Crippen LogP contribution in [0.15, 0.2) is 0 Å². The lowest BCUT2D eigenvalue weighted by Gasteiger charge is -2.19.